The molecule has 0 aliphatic carbocycles. The molecule has 2 atom stereocenters. The van der Waals surface area contributed by atoms with Gasteiger partial charge in [0.2, 0.25) is 0 Å². The first kappa shape index (κ1) is 15.4. The third kappa shape index (κ3) is 4.87. The molecule has 1 aromatic carbocycles. The highest BCUT2D eigenvalue weighted by Gasteiger charge is 2.15. The summed E-state index contributed by atoms with van der Waals surface area (Å²) in [5.74, 6) is 0. The summed E-state index contributed by atoms with van der Waals surface area (Å²) in [5.41, 5.74) is 2.54. The van der Waals surface area contributed by atoms with Gasteiger partial charge in [0.25, 0.3) is 0 Å². The Morgan fingerprint density at radius 3 is 2.80 bits per heavy atom. The van der Waals surface area contributed by atoms with Gasteiger partial charge >= 0.3 is 0 Å². The number of β-amino-alcohol motifs (C(OH)–C–C–N with tert-alkyl or cyclic N) is 1. The Kier molecular flexibility index (Phi) is 5.98. The molecule has 1 fully saturated rings. The SMILES string of the molecule is Cc1cccc([C@@H](C)NCC(O)CN2CCOCC2)c1. The Morgan fingerprint density at radius 2 is 2.10 bits per heavy atom. The maximum Gasteiger partial charge on any atom is 0.0791 e. The second-order valence-electron chi connectivity index (χ2n) is 5.61. The lowest BCUT2D eigenvalue weighted by Crippen LogP contribution is -2.44. The smallest absolute Gasteiger partial charge is 0.0791 e. The molecule has 0 spiro atoms. The van der Waals surface area contributed by atoms with Crippen molar-refractivity contribution in [3.05, 3.63) is 35.4 Å². The Labute approximate surface area is 121 Å². The number of nitrogens with one attached hydrogen (secondary N) is 1. The third-order valence-corrected chi connectivity index (χ3v) is 3.77. The molecular weight excluding hydrogens is 252 g/mol. The van der Waals surface area contributed by atoms with Gasteiger partial charge in [-0.2, -0.15) is 0 Å². The normalized spacial score (nSPS) is 19.8. The van der Waals surface area contributed by atoms with Crippen molar-refractivity contribution in [1.29, 1.82) is 0 Å². The first-order valence-electron chi connectivity index (χ1n) is 7.43. The van der Waals surface area contributed by atoms with Gasteiger partial charge in [-0.25, -0.2) is 0 Å². The number of rotatable bonds is 6. The molecule has 1 heterocycles. The molecule has 2 N–H and O–H groups in total. The molecule has 1 aromatic rings. The Bertz CT molecular complexity index is 405. The van der Waals surface area contributed by atoms with Crippen molar-refractivity contribution in [1.82, 2.24) is 10.2 Å². The van der Waals surface area contributed by atoms with Crippen molar-refractivity contribution in [3.8, 4) is 0 Å². The minimum atomic E-state index is -0.333. The van der Waals surface area contributed by atoms with Crippen LogP contribution in [0.2, 0.25) is 0 Å². The number of hydrogen-bond donors (Lipinski definition) is 2. The average Bonchev–Trinajstić information content (AvgIpc) is 2.46. The molecule has 2 rings (SSSR count). The zero-order valence-electron chi connectivity index (χ0n) is 12.5. The van der Waals surface area contributed by atoms with Crippen LogP contribution in [-0.2, 0) is 4.74 Å². The number of benzene rings is 1. The summed E-state index contributed by atoms with van der Waals surface area (Å²) in [5, 5.41) is 13.5. The van der Waals surface area contributed by atoms with E-state index in [4.69, 9.17) is 4.74 Å². The van der Waals surface area contributed by atoms with Gasteiger partial charge in [-0.15, -0.1) is 0 Å². The lowest BCUT2D eigenvalue weighted by atomic mass is 10.1. The van der Waals surface area contributed by atoms with Gasteiger partial charge in [0, 0.05) is 32.2 Å². The largest absolute Gasteiger partial charge is 0.390 e. The lowest BCUT2D eigenvalue weighted by molar-refractivity contribution is 0.0145. The molecule has 1 aliphatic rings. The van der Waals surface area contributed by atoms with Crippen LogP contribution in [0, 0.1) is 6.92 Å². The third-order valence-electron chi connectivity index (χ3n) is 3.77. The fraction of sp³-hybridized carbons (Fsp3) is 0.625. The molecule has 0 radical (unpaired) electrons. The summed E-state index contributed by atoms with van der Waals surface area (Å²) in [6, 6.07) is 8.75. The van der Waals surface area contributed by atoms with Crippen LogP contribution in [0.4, 0.5) is 0 Å². The van der Waals surface area contributed by atoms with Gasteiger partial charge in [-0.05, 0) is 19.4 Å². The van der Waals surface area contributed by atoms with E-state index in [1.165, 1.54) is 11.1 Å². The van der Waals surface area contributed by atoms with Crippen LogP contribution < -0.4 is 5.32 Å². The molecule has 0 saturated carbocycles. The van der Waals surface area contributed by atoms with Crippen molar-refractivity contribution in [2.24, 2.45) is 0 Å². The van der Waals surface area contributed by atoms with Crippen LogP contribution in [0.5, 0.6) is 0 Å². The maximum atomic E-state index is 10.1. The molecule has 112 valence electrons. The number of aliphatic hydroxyl groups excluding tert-OH is 1. The predicted molar refractivity (Wildman–Crippen MR) is 80.9 cm³/mol. The van der Waals surface area contributed by atoms with Gasteiger partial charge < -0.3 is 15.2 Å². The van der Waals surface area contributed by atoms with E-state index in [0.717, 1.165) is 32.8 Å². The Hall–Kier alpha value is -0.940. The molecule has 1 unspecified atom stereocenters. The van der Waals surface area contributed by atoms with E-state index in [1.807, 2.05) is 0 Å². The van der Waals surface area contributed by atoms with E-state index in [-0.39, 0.29) is 12.1 Å². The molecular formula is C16H26N2O2. The zero-order chi connectivity index (χ0) is 14.4. The van der Waals surface area contributed by atoms with Crippen LogP contribution in [-0.4, -0.2) is 55.5 Å². The average molecular weight is 278 g/mol. The van der Waals surface area contributed by atoms with Crippen LogP contribution in [0.1, 0.15) is 24.1 Å². The summed E-state index contributed by atoms with van der Waals surface area (Å²) in [7, 11) is 0. The first-order valence-corrected chi connectivity index (χ1v) is 7.43. The van der Waals surface area contributed by atoms with Crippen molar-refractivity contribution in [2.75, 3.05) is 39.4 Å². The monoisotopic (exact) mass is 278 g/mol. The summed E-state index contributed by atoms with van der Waals surface area (Å²) in [6.07, 6.45) is -0.333. The van der Waals surface area contributed by atoms with Crippen LogP contribution in [0.3, 0.4) is 0 Å². The fourth-order valence-corrected chi connectivity index (χ4v) is 2.52. The number of nitrogens with zero attached hydrogens (tertiary/aromatic N) is 1. The lowest BCUT2D eigenvalue weighted by Gasteiger charge is -2.29. The van der Waals surface area contributed by atoms with Gasteiger partial charge in [0.1, 0.15) is 0 Å². The highest BCUT2D eigenvalue weighted by molar-refractivity contribution is 5.24. The highest BCUT2D eigenvalue weighted by atomic mass is 16.5. The number of hydrogen-bond acceptors (Lipinski definition) is 4. The molecule has 4 nitrogen and oxygen atoms in total. The van der Waals surface area contributed by atoms with Gasteiger partial charge in [0.15, 0.2) is 0 Å². The van der Waals surface area contributed by atoms with E-state index in [9.17, 15) is 5.11 Å². The molecule has 0 amide bonds. The van der Waals surface area contributed by atoms with E-state index in [0.29, 0.717) is 6.54 Å². The van der Waals surface area contributed by atoms with Crippen molar-refractivity contribution in [3.63, 3.8) is 0 Å². The topological polar surface area (TPSA) is 44.7 Å². The fourth-order valence-electron chi connectivity index (χ4n) is 2.52. The summed E-state index contributed by atoms with van der Waals surface area (Å²) < 4.78 is 5.31. The van der Waals surface area contributed by atoms with Crippen molar-refractivity contribution >= 4 is 0 Å². The summed E-state index contributed by atoms with van der Waals surface area (Å²) in [4.78, 5) is 2.26. The summed E-state index contributed by atoms with van der Waals surface area (Å²) >= 11 is 0. The van der Waals surface area contributed by atoms with Gasteiger partial charge in [-0.3, -0.25) is 4.90 Å². The second-order valence-corrected chi connectivity index (χ2v) is 5.61. The first-order chi connectivity index (χ1) is 9.65. The second kappa shape index (κ2) is 7.74. The number of aliphatic hydroxyl groups is 1. The number of morpholine rings is 1. The predicted octanol–water partition coefficient (Wildman–Crippen LogP) is 1.34. The van der Waals surface area contributed by atoms with E-state index < -0.39 is 0 Å². The summed E-state index contributed by atoms with van der Waals surface area (Å²) in [6.45, 7) is 8.97. The standard InChI is InChI=1S/C16H26N2O2/c1-13-4-3-5-15(10-13)14(2)17-11-16(19)12-18-6-8-20-9-7-18/h3-5,10,14,16-17,19H,6-9,11-12H2,1-2H3/t14-,16?/m1/s1. The van der Waals surface area contributed by atoms with Gasteiger partial charge in [0.05, 0.1) is 19.3 Å². The zero-order valence-corrected chi connectivity index (χ0v) is 12.5. The van der Waals surface area contributed by atoms with Gasteiger partial charge in [-0.1, -0.05) is 29.8 Å². The van der Waals surface area contributed by atoms with E-state index in [1.54, 1.807) is 0 Å². The van der Waals surface area contributed by atoms with Crippen LogP contribution in [0.25, 0.3) is 0 Å². The number of aryl methyl sites for hydroxylation is 1. The molecule has 1 saturated heterocycles. The van der Waals surface area contributed by atoms with E-state index >= 15 is 0 Å². The molecule has 0 bridgehead atoms. The van der Waals surface area contributed by atoms with Crippen LogP contribution in [0.15, 0.2) is 24.3 Å². The van der Waals surface area contributed by atoms with Crippen LogP contribution >= 0.6 is 0 Å². The number of ether oxygens (including phenoxy) is 1. The van der Waals surface area contributed by atoms with Crippen molar-refractivity contribution in [2.45, 2.75) is 26.0 Å². The molecule has 4 heteroatoms. The molecule has 1 aliphatic heterocycles. The Morgan fingerprint density at radius 1 is 1.35 bits per heavy atom. The minimum Gasteiger partial charge on any atom is -0.390 e. The quantitative estimate of drug-likeness (QED) is 0.824. The molecule has 0 aromatic heterocycles. The molecule has 20 heavy (non-hydrogen) atoms. The maximum absolute atomic E-state index is 10.1. The van der Waals surface area contributed by atoms with E-state index in [2.05, 4.69) is 48.3 Å². The minimum absolute atomic E-state index is 0.259. The highest BCUT2D eigenvalue weighted by Crippen LogP contribution is 2.13. The van der Waals surface area contributed by atoms with Crippen molar-refractivity contribution < 1.29 is 9.84 Å². The Balaban J connectivity index is 1.73.